The number of hydrogen-bond donors (Lipinski definition) is 0. The Kier molecular flexibility index (Phi) is 7.71. The van der Waals surface area contributed by atoms with Gasteiger partial charge in [-0.15, -0.1) is 0 Å². The number of pyridine rings is 1. The van der Waals surface area contributed by atoms with E-state index in [9.17, 15) is 14.4 Å². The van der Waals surface area contributed by atoms with Crippen LogP contribution in [0.5, 0.6) is 5.75 Å². The number of aromatic nitrogens is 3. The molecule has 0 bridgehead atoms. The molecule has 32 heavy (non-hydrogen) atoms. The number of rotatable bonds is 8. The van der Waals surface area contributed by atoms with Gasteiger partial charge in [-0.25, -0.2) is 4.79 Å². The average Bonchev–Trinajstić information content (AvgIpc) is 3.02. The molecule has 0 atom stereocenters. The van der Waals surface area contributed by atoms with Crippen LogP contribution in [0.4, 0.5) is 0 Å². The van der Waals surface area contributed by atoms with Crippen LogP contribution in [0.1, 0.15) is 48.3 Å². The van der Waals surface area contributed by atoms with Crippen LogP contribution >= 0.6 is 0 Å². The molecule has 2 aromatic heterocycles. The first-order valence-electron chi connectivity index (χ1n) is 11.0. The molecule has 1 aliphatic rings. The molecular weight excluding hydrogens is 412 g/mol. The van der Waals surface area contributed by atoms with Gasteiger partial charge < -0.3 is 18.9 Å². The quantitative estimate of drug-likeness (QED) is 0.455. The topological polar surface area (TPSA) is 95.7 Å². The van der Waals surface area contributed by atoms with Gasteiger partial charge in [0, 0.05) is 57.5 Å². The molecule has 3 heterocycles. The molecule has 0 N–H and O–H groups in total. The summed E-state index contributed by atoms with van der Waals surface area (Å²) < 4.78 is 14.2. The maximum absolute atomic E-state index is 12.8. The predicted molar refractivity (Wildman–Crippen MR) is 119 cm³/mol. The molecule has 0 aliphatic carbocycles. The van der Waals surface area contributed by atoms with Crippen LogP contribution in [0, 0.1) is 5.92 Å². The fourth-order valence-electron chi connectivity index (χ4n) is 3.97. The summed E-state index contributed by atoms with van der Waals surface area (Å²) in [6.45, 7) is 5.57. The summed E-state index contributed by atoms with van der Waals surface area (Å²) in [4.78, 5) is 39.8. The number of amides is 1. The van der Waals surface area contributed by atoms with E-state index in [0.717, 1.165) is 12.0 Å². The van der Waals surface area contributed by atoms with Crippen LogP contribution in [0.3, 0.4) is 0 Å². The van der Waals surface area contributed by atoms with E-state index in [2.05, 4.69) is 5.10 Å². The van der Waals surface area contributed by atoms with Gasteiger partial charge in [-0.05, 0) is 24.3 Å². The first kappa shape index (κ1) is 23.6. The van der Waals surface area contributed by atoms with E-state index in [0.29, 0.717) is 51.2 Å². The van der Waals surface area contributed by atoms with Crippen molar-refractivity contribution >= 4 is 11.9 Å². The van der Waals surface area contributed by atoms with Gasteiger partial charge in [-0.2, -0.15) is 5.10 Å². The number of fused-ring (bicyclic) bond motifs is 1. The van der Waals surface area contributed by atoms with Gasteiger partial charge >= 0.3 is 5.97 Å². The second-order valence-electron chi connectivity index (χ2n) is 8.51. The Balaban J connectivity index is 1.79. The number of nitrogens with zero attached hydrogens (tertiary/aromatic N) is 4. The zero-order chi connectivity index (χ0) is 23.3. The van der Waals surface area contributed by atoms with Gasteiger partial charge in [-0.3, -0.25) is 14.3 Å². The number of carbonyl (C=O) groups is 2. The van der Waals surface area contributed by atoms with E-state index in [-0.39, 0.29) is 28.7 Å². The van der Waals surface area contributed by atoms with Gasteiger partial charge in [-0.1, -0.05) is 13.8 Å². The van der Waals surface area contributed by atoms with E-state index in [1.54, 1.807) is 20.3 Å². The number of aryl methyl sites for hydroxylation is 2. The van der Waals surface area contributed by atoms with Crippen molar-refractivity contribution in [2.45, 2.75) is 46.1 Å². The lowest BCUT2D eigenvalue weighted by atomic mass is 10.1. The molecule has 0 fully saturated rings. The average molecular weight is 445 g/mol. The van der Waals surface area contributed by atoms with E-state index < -0.39 is 5.97 Å². The van der Waals surface area contributed by atoms with Crippen LogP contribution in [0.2, 0.25) is 0 Å². The maximum Gasteiger partial charge on any atom is 0.343 e. The Morgan fingerprint density at radius 2 is 2.00 bits per heavy atom. The molecule has 0 radical (unpaired) electrons. The zero-order valence-electron chi connectivity index (χ0n) is 19.3. The van der Waals surface area contributed by atoms with Crippen molar-refractivity contribution in [3.8, 4) is 5.75 Å². The molecule has 0 saturated carbocycles. The molecule has 0 saturated heterocycles. The fraction of sp³-hybridized carbons (Fsp3) is 0.565. The standard InChI is InChI=1S/C23H32N4O5/c1-16(2)12-20(28)26-8-7-18-22(23(30)31-4)19(13-21(29)27(18)10-9-26)32-11-5-6-17-14-24-25(3)15-17/h13-16H,5-12H2,1-4H3. The fourth-order valence-corrected chi connectivity index (χ4v) is 3.97. The molecule has 9 heteroatoms. The molecule has 1 amide bonds. The normalized spacial score (nSPS) is 13.6. The number of hydrogen-bond acceptors (Lipinski definition) is 6. The number of esters is 1. The van der Waals surface area contributed by atoms with Crippen molar-refractivity contribution in [3.05, 3.63) is 45.6 Å². The highest BCUT2D eigenvalue weighted by atomic mass is 16.5. The third kappa shape index (κ3) is 5.57. The molecule has 0 spiro atoms. The summed E-state index contributed by atoms with van der Waals surface area (Å²) in [5, 5.41) is 4.15. The van der Waals surface area contributed by atoms with E-state index in [1.165, 1.54) is 13.2 Å². The van der Waals surface area contributed by atoms with Gasteiger partial charge in [0.1, 0.15) is 11.3 Å². The summed E-state index contributed by atoms with van der Waals surface area (Å²) in [6.07, 6.45) is 6.08. The number of methoxy groups -OCH3 is 1. The number of carbonyl (C=O) groups excluding carboxylic acids is 2. The first-order valence-corrected chi connectivity index (χ1v) is 11.0. The highest BCUT2D eigenvalue weighted by Gasteiger charge is 2.27. The Bertz CT molecular complexity index is 1020. The van der Waals surface area contributed by atoms with Gasteiger partial charge in [0.25, 0.3) is 5.56 Å². The largest absolute Gasteiger partial charge is 0.492 e. The molecular formula is C23H32N4O5. The lowest BCUT2D eigenvalue weighted by molar-refractivity contribution is -0.131. The molecule has 174 valence electrons. The monoisotopic (exact) mass is 444 g/mol. The SMILES string of the molecule is COC(=O)c1c(OCCCc2cnn(C)c2)cc(=O)n2c1CCN(C(=O)CC(C)C)CC2. The van der Waals surface area contributed by atoms with Crippen LogP contribution < -0.4 is 10.3 Å². The minimum Gasteiger partial charge on any atom is -0.492 e. The van der Waals surface area contributed by atoms with Crippen molar-refractivity contribution in [2.75, 3.05) is 26.8 Å². The van der Waals surface area contributed by atoms with E-state index in [4.69, 9.17) is 9.47 Å². The van der Waals surface area contributed by atoms with Gasteiger partial charge in [0.05, 0.1) is 19.9 Å². The third-order valence-corrected chi connectivity index (χ3v) is 5.54. The predicted octanol–water partition coefficient (Wildman–Crippen LogP) is 1.81. The lowest BCUT2D eigenvalue weighted by Crippen LogP contribution is -2.34. The van der Waals surface area contributed by atoms with Crippen LogP contribution in [-0.2, 0) is 36.0 Å². The minimum atomic E-state index is -0.544. The summed E-state index contributed by atoms with van der Waals surface area (Å²) >= 11 is 0. The maximum atomic E-state index is 12.8. The number of ether oxygens (including phenoxy) is 2. The zero-order valence-corrected chi connectivity index (χ0v) is 19.3. The van der Waals surface area contributed by atoms with E-state index >= 15 is 0 Å². The summed E-state index contributed by atoms with van der Waals surface area (Å²) in [6, 6.07) is 1.35. The Hall–Kier alpha value is -3.10. The summed E-state index contributed by atoms with van der Waals surface area (Å²) in [7, 11) is 3.18. The lowest BCUT2D eigenvalue weighted by Gasteiger charge is -2.20. The molecule has 9 nitrogen and oxygen atoms in total. The Labute approximate surface area is 187 Å². The van der Waals surface area contributed by atoms with Crippen molar-refractivity contribution < 1.29 is 19.1 Å². The highest BCUT2D eigenvalue weighted by molar-refractivity contribution is 5.93. The van der Waals surface area contributed by atoms with Gasteiger partial charge in [0.2, 0.25) is 5.91 Å². The van der Waals surface area contributed by atoms with Crippen molar-refractivity contribution in [1.82, 2.24) is 19.2 Å². The third-order valence-electron chi connectivity index (χ3n) is 5.54. The molecule has 0 unspecified atom stereocenters. The van der Waals surface area contributed by atoms with Crippen molar-refractivity contribution in [1.29, 1.82) is 0 Å². The van der Waals surface area contributed by atoms with Crippen molar-refractivity contribution in [2.24, 2.45) is 13.0 Å². The summed E-state index contributed by atoms with van der Waals surface area (Å²) in [5.74, 6) is 0.0136. The second-order valence-corrected chi connectivity index (χ2v) is 8.51. The second kappa shape index (κ2) is 10.5. The van der Waals surface area contributed by atoms with Crippen LogP contribution in [0.15, 0.2) is 23.3 Å². The minimum absolute atomic E-state index is 0.0624. The smallest absolute Gasteiger partial charge is 0.343 e. The van der Waals surface area contributed by atoms with Gasteiger partial charge in [0.15, 0.2) is 0 Å². The summed E-state index contributed by atoms with van der Waals surface area (Å²) in [5.41, 5.74) is 1.68. The van der Waals surface area contributed by atoms with Crippen LogP contribution in [-0.4, -0.2) is 57.9 Å². The Morgan fingerprint density at radius 3 is 2.66 bits per heavy atom. The molecule has 2 aromatic rings. The Morgan fingerprint density at radius 1 is 1.22 bits per heavy atom. The van der Waals surface area contributed by atoms with Crippen molar-refractivity contribution in [3.63, 3.8) is 0 Å². The molecule has 1 aliphatic heterocycles. The molecule has 3 rings (SSSR count). The highest BCUT2D eigenvalue weighted by Crippen LogP contribution is 2.24. The molecule has 0 aromatic carbocycles. The van der Waals surface area contributed by atoms with Crippen LogP contribution in [0.25, 0.3) is 0 Å². The van der Waals surface area contributed by atoms with E-state index in [1.807, 2.05) is 27.1 Å². The first-order chi connectivity index (χ1) is 15.3.